The van der Waals surface area contributed by atoms with Gasteiger partial charge in [0.15, 0.2) is 0 Å². The minimum absolute atomic E-state index is 0.0739. The third kappa shape index (κ3) is 3.96. The molecule has 1 saturated heterocycles. The number of hydrogen-bond acceptors (Lipinski definition) is 3. The van der Waals surface area contributed by atoms with Gasteiger partial charge in [-0.2, -0.15) is 5.10 Å². The second-order valence-corrected chi connectivity index (χ2v) is 7.64. The predicted molar refractivity (Wildman–Crippen MR) is 111 cm³/mol. The molecule has 28 heavy (non-hydrogen) atoms. The summed E-state index contributed by atoms with van der Waals surface area (Å²) in [6.45, 7) is 1.98. The van der Waals surface area contributed by atoms with Gasteiger partial charge in [0.2, 0.25) is 5.91 Å². The van der Waals surface area contributed by atoms with Crippen LogP contribution in [0, 0.1) is 5.92 Å². The number of hydrogen-bond donors (Lipinski definition) is 2. The molecule has 2 aromatic carbocycles. The van der Waals surface area contributed by atoms with E-state index >= 15 is 0 Å². The van der Waals surface area contributed by atoms with Gasteiger partial charge in [0, 0.05) is 43.8 Å². The number of benzene rings is 2. The fourth-order valence-electron chi connectivity index (χ4n) is 3.84. The number of aromatic nitrogens is 2. The Kier molecular flexibility index (Phi) is 5.46. The van der Waals surface area contributed by atoms with E-state index in [0.717, 1.165) is 28.8 Å². The summed E-state index contributed by atoms with van der Waals surface area (Å²) >= 11 is 6.01. The molecule has 1 aliphatic rings. The number of rotatable bonds is 5. The first-order valence-electron chi connectivity index (χ1n) is 9.42. The van der Waals surface area contributed by atoms with Crippen LogP contribution in [0.5, 0.6) is 0 Å². The van der Waals surface area contributed by atoms with E-state index in [4.69, 9.17) is 11.6 Å². The summed E-state index contributed by atoms with van der Waals surface area (Å²) in [5, 5.41) is 11.4. The molecule has 6 heteroatoms. The molecule has 5 nitrogen and oxygen atoms in total. The average Bonchev–Trinajstić information content (AvgIpc) is 3.36. The molecule has 1 amide bonds. The maximum atomic E-state index is 12.9. The molecule has 1 aromatic heterocycles. The zero-order chi connectivity index (χ0) is 19.5. The van der Waals surface area contributed by atoms with Crippen molar-refractivity contribution in [3.63, 3.8) is 0 Å². The molecule has 0 aliphatic carbocycles. The van der Waals surface area contributed by atoms with E-state index in [2.05, 4.69) is 27.9 Å². The highest BCUT2D eigenvalue weighted by molar-refractivity contribution is 6.30. The maximum absolute atomic E-state index is 12.9. The lowest BCUT2D eigenvalue weighted by atomic mass is 9.90. The van der Waals surface area contributed by atoms with Gasteiger partial charge in [-0.05, 0) is 34.4 Å². The Morgan fingerprint density at radius 1 is 1.21 bits per heavy atom. The summed E-state index contributed by atoms with van der Waals surface area (Å²) in [7, 11) is 1.90. The lowest BCUT2D eigenvalue weighted by molar-refractivity contribution is -0.125. The molecule has 2 atom stereocenters. The number of aryl methyl sites for hydroxylation is 1. The van der Waals surface area contributed by atoms with Crippen LogP contribution in [0.25, 0.3) is 11.1 Å². The van der Waals surface area contributed by atoms with E-state index in [-0.39, 0.29) is 17.7 Å². The van der Waals surface area contributed by atoms with Crippen LogP contribution in [0.15, 0.2) is 60.9 Å². The lowest BCUT2D eigenvalue weighted by Crippen LogP contribution is -2.34. The third-order valence-electron chi connectivity index (χ3n) is 5.33. The van der Waals surface area contributed by atoms with Crippen LogP contribution in [0.1, 0.15) is 17.0 Å². The van der Waals surface area contributed by atoms with Crippen molar-refractivity contribution in [1.29, 1.82) is 0 Å². The van der Waals surface area contributed by atoms with Gasteiger partial charge in [-0.1, -0.05) is 48.0 Å². The third-order valence-corrected chi connectivity index (χ3v) is 5.58. The minimum atomic E-state index is -0.0908. The Hall–Kier alpha value is -2.63. The molecule has 0 radical (unpaired) electrons. The quantitative estimate of drug-likeness (QED) is 0.697. The Balaban J connectivity index is 1.47. The van der Waals surface area contributed by atoms with E-state index in [9.17, 15) is 4.79 Å². The highest BCUT2D eigenvalue weighted by Crippen LogP contribution is 2.29. The summed E-state index contributed by atoms with van der Waals surface area (Å²) in [4.78, 5) is 12.9. The first kappa shape index (κ1) is 18.7. The monoisotopic (exact) mass is 394 g/mol. The molecule has 1 aliphatic heterocycles. The molecule has 2 heterocycles. The molecular weight excluding hydrogens is 372 g/mol. The van der Waals surface area contributed by atoms with E-state index in [1.807, 2.05) is 55.8 Å². The lowest BCUT2D eigenvalue weighted by Gasteiger charge is -2.18. The van der Waals surface area contributed by atoms with Gasteiger partial charge in [-0.25, -0.2) is 0 Å². The largest absolute Gasteiger partial charge is 0.352 e. The fraction of sp³-hybridized carbons (Fsp3) is 0.273. The zero-order valence-electron chi connectivity index (χ0n) is 15.7. The van der Waals surface area contributed by atoms with Crippen molar-refractivity contribution in [3.05, 3.63) is 77.1 Å². The zero-order valence-corrected chi connectivity index (χ0v) is 16.5. The van der Waals surface area contributed by atoms with Crippen molar-refractivity contribution in [3.8, 4) is 11.1 Å². The first-order valence-corrected chi connectivity index (χ1v) is 9.80. The molecule has 0 saturated carbocycles. The topological polar surface area (TPSA) is 59.0 Å². The Morgan fingerprint density at radius 3 is 2.75 bits per heavy atom. The number of carbonyl (C=O) groups is 1. The molecule has 144 valence electrons. The molecule has 0 unspecified atom stereocenters. The first-order chi connectivity index (χ1) is 13.6. The fourth-order valence-corrected chi connectivity index (χ4v) is 3.96. The second kappa shape index (κ2) is 8.17. The van der Waals surface area contributed by atoms with Crippen LogP contribution >= 0.6 is 11.6 Å². The van der Waals surface area contributed by atoms with Crippen LogP contribution in [0.4, 0.5) is 0 Å². The highest BCUT2D eigenvalue weighted by atomic mass is 35.5. The molecule has 0 bridgehead atoms. The maximum Gasteiger partial charge on any atom is 0.225 e. The van der Waals surface area contributed by atoms with Gasteiger partial charge < -0.3 is 10.6 Å². The Bertz CT molecular complexity index is 967. The smallest absolute Gasteiger partial charge is 0.225 e. The van der Waals surface area contributed by atoms with Crippen molar-refractivity contribution in [2.24, 2.45) is 13.0 Å². The standard InChI is InChI=1S/C22H23ClN4O/c1-27-14-17(11-26-27)20-12-24-13-21(20)22(28)25-10-16-4-2-3-5-19(16)15-6-8-18(23)9-7-15/h2-9,11,14,20-21,24H,10,12-13H2,1H3,(H,25,28)/t20-,21+/m1/s1. The number of halogens is 1. The van der Waals surface area contributed by atoms with Crippen LogP contribution in [-0.2, 0) is 18.4 Å². The second-order valence-electron chi connectivity index (χ2n) is 7.20. The summed E-state index contributed by atoms with van der Waals surface area (Å²) in [5.41, 5.74) is 4.38. The summed E-state index contributed by atoms with van der Waals surface area (Å²) < 4.78 is 1.78. The number of carbonyl (C=O) groups excluding carboxylic acids is 1. The van der Waals surface area contributed by atoms with Crippen molar-refractivity contribution in [2.75, 3.05) is 13.1 Å². The van der Waals surface area contributed by atoms with Crippen molar-refractivity contribution < 1.29 is 4.79 Å². The van der Waals surface area contributed by atoms with Gasteiger partial charge >= 0.3 is 0 Å². The number of nitrogens with zero attached hydrogens (tertiary/aromatic N) is 2. The highest BCUT2D eigenvalue weighted by Gasteiger charge is 2.34. The van der Waals surface area contributed by atoms with Crippen LogP contribution in [0.3, 0.4) is 0 Å². The normalized spacial score (nSPS) is 18.9. The van der Waals surface area contributed by atoms with Gasteiger partial charge in [-0.3, -0.25) is 9.48 Å². The summed E-state index contributed by atoms with van der Waals surface area (Å²) in [6, 6.07) is 15.9. The van der Waals surface area contributed by atoms with E-state index in [1.54, 1.807) is 4.68 Å². The minimum Gasteiger partial charge on any atom is -0.352 e. The van der Waals surface area contributed by atoms with Crippen LogP contribution in [-0.4, -0.2) is 28.8 Å². The van der Waals surface area contributed by atoms with Crippen molar-refractivity contribution >= 4 is 17.5 Å². The van der Waals surface area contributed by atoms with Gasteiger partial charge in [0.05, 0.1) is 12.1 Å². The van der Waals surface area contributed by atoms with Crippen molar-refractivity contribution in [1.82, 2.24) is 20.4 Å². The van der Waals surface area contributed by atoms with Crippen LogP contribution in [0.2, 0.25) is 5.02 Å². The van der Waals surface area contributed by atoms with Gasteiger partial charge in [0.25, 0.3) is 0 Å². The predicted octanol–water partition coefficient (Wildman–Crippen LogP) is 3.36. The van der Waals surface area contributed by atoms with E-state index in [1.165, 1.54) is 0 Å². The molecule has 2 N–H and O–H groups in total. The molecule has 3 aromatic rings. The summed E-state index contributed by atoms with van der Waals surface area (Å²) in [6.07, 6.45) is 3.85. The van der Waals surface area contributed by atoms with Crippen molar-refractivity contribution in [2.45, 2.75) is 12.5 Å². The van der Waals surface area contributed by atoms with E-state index in [0.29, 0.717) is 18.1 Å². The van der Waals surface area contributed by atoms with E-state index < -0.39 is 0 Å². The molecule has 0 spiro atoms. The average molecular weight is 395 g/mol. The Labute approximate surface area is 169 Å². The Morgan fingerprint density at radius 2 is 2.00 bits per heavy atom. The molecular formula is C22H23ClN4O. The number of amides is 1. The summed E-state index contributed by atoms with van der Waals surface area (Å²) in [5.74, 6) is 0.136. The van der Waals surface area contributed by atoms with Gasteiger partial charge in [0.1, 0.15) is 0 Å². The SMILES string of the molecule is Cn1cc([C@H]2CNC[C@@H]2C(=O)NCc2ccccc2-c2ccc(Cl)cc2)cn1. The number of nitrogens with one attached hydrogen (secondary N) is 2. The van der Waals surface area contributed by atoms with Gasteiger partial charge in [-0.15, -0.1) is 0 Å². The molecule has 1 fully saturated rings. The van der Waals surface area contributed by atoms with Crippen LogP contribution < -0.4 is 10.6 Å². The molecule has 4 rings (SSSR count).